The molecule has 0 aliphatic heterocycles. The normalized spacial score (nSPS) is 11.6. The monoisotopic (exact) mass is 571 g/mol. The predicted molar refractivity (Wildman–Crippen MR) is 194 cm³/mol. The molecule has 0 aliphatic rings. The van der Waals surface area contributed by atoms with Crippen LogP contribution in [-0.4, -0.2) is 0 Å². The second kappa shape index (κ2) is 10.4. The van der Waals surface area contributed by atoms with Crippen molar-refractivity contribution in [1.82, 2.24) is 0 Å². The fraction of sp³-hybridized carbons (Fsp3) is 0. The predicted octanol–water partition coefficient (Wildman–Crippen LogP) is 12.6. The largest absolute Gasteiger partial charge is 0.310 e. The molecule has 1 nitrogen and oxygen atoms in total. The number of benzene rings is 9. The lowest BCUT2D eigenvalue weighted by molar-refractivity contribution is 1.29. The van der Waals surface area contributed by atoms with Crippen LogP contribution in [-0.2, 0) is 0 Å². The van der Waals surface area contributed by atoms with Gasteiger partial charge in [-0.1, -0.05) is 133 Å². The molecule has 0 fully saturated rings. The SMILES string of the molecule is c1ccc(-c2ccc3c(c2)c2ccc(N(c4ccccc4)c4ccccc4)cc2c2c4ccccc4c4ccccc4c32)cc1. The van der Waals surface area contributed by atoms with E-state index in [0.717, 1.165) is 17.1 Å². The van der Waals surface area contributed by atoms with Crippen molar-refractivity contribution >= 4 is 70.9 Å². The van der Waals surface area contributed by atoms with Gasteiger partial charge in [-0.3, -0.25) is 0 Å². The van der Waals surface area contributed by atoms with Crippen LogP contribution in [0.2, 0.25) is 0 Å². The third-order valence-electron chi connectivity index (χ3n) is 9.18. The highest BCUT2D eigenvalue weighted by atomic mass is 15.1. The summed E-state index contributed by atoms with van der Waals surface area (Å²) in [6.07, 6.45) is 0. The number of rotatable bonds is 4. The average molecular weight is 572 g/mol. The maximum atomic E-state index is 2.41. The van der Waals surface area contributed by atoms with Gasteiger partial charge in [-0.2, -0.15) is 0 Å². The molecule has 9 rings (SSSR count). The molecular formula is C44H29N. The van der Waals surface area contributed by atoms with E-state index in [-0.39, 0.29) is 0 Å². The number of fused-ring (bicyclic) bond motifs is 11. The summed E-state index contributed by atoms with van der Waals surface area (Å²) in [7, 11) is 0. The van der Waals surface area contributed by atoms with Crippen LogP contribution in [0.1, 0.15) is 0 Å². The van der Waals surface area contributed by atoms with Crippen molar-refractivity contribution in [2.75, 3.05) is 4.90 Å². The molecule has 0 atom stereocenters. The number of hydrogen-bond acceptors (Lipinski definition) is 1. The number of nitrogens with zero attached hydrogens (tertiary/aromatic N) is 1. The maximum absolute atomic E-state index is 2.41. The first kappa shape index (κ1) is 25.6. The van der Waals surface area contributed by atoms with Gasteiger partial charge < -0.3 is 4.90 Å². The summed E-state index contributed by atoms with van der Waals surface area (Å²) in [6.45, 7) is 0. The van der Waals surface area contributed by atoms with Crippen LogP contribution in [0.25, 0.3) is 65.0 Å². The zero-order valence-electron chi connectivity index (χ0n) is 24.7. The van der Waals surface area contributed by atoms with E-state index in [4.69, 9.17) is 0 Å². The Morgan fingerprint density at radius 3 is 1.29 bits per heavy atom. The minimum atomic E-state index is 1.13. The highest BCUT2D eigenvalue weighted by molar-refractivity contribution is 6.39. The van der Waals surface area contributed by atoms with Gasteiger partial charge in [0.25, 0.3) is 0 Å². The van der Waals surface area contributed by atoms with Gasteiger partial charge in [-0.05, 0) is 107 Å². The van der Waals surface area contributed by atoms with Crippen molar-refractivity contribution in [2.24, 2.45) is 0 Å². The first-order valence-corrected chi connectivity index (χ1v) is 15.5. The van der Waals surface area contributed by atoms with Gasteiger partial charge in [0.1, 0.15) is 0 Å². The van der Waals surface area contributed by atoms with E-state index in [1.807, 2.05) is 0 Å². The molecule has 0 aliphatic carbocycles. The molecule has 9 aromatic carbocycles. The highest BCUT2D eigenvalue weighted by Crippen LogP contribution is 2.46. The Morgan fingerprint density at radius 2 is 0.689 bits per heavy atom. The van der Waals surface area contributed by atoms with Crippen LogP contribution in [0.4, 0.5) is 17.1 Å². The van der Waals surface area contributed by atoms with Gasteiger partial charge in [0, 0.05) is 17.1 Å². The lowest BCUT2D eigenvalue weighted by Crippen LogP contribution is -2.09. The molecule has 0 N–H and O–H groups in total. The van der Waals surface area contributed by atoms with Gasteiger partial charge in [0.05, 0.1) is 0 Å². The summed E-state index contributed by atoms with van der Waals surface area (Å²) >= 11 is 0. The lowest BCUT2D eigenvalue weighted by atomic mass is 9.86. The molecule has 0 radical (unpaired) electrons. The maximum Gasteiger partial charge on any atom is 0.0468 e. The van der Waals surface area contributed by atoms with E-state index in [9.17, 15) is 0 Å². The molecule has 0 amide bonds. The van der Waals surface area contributed by atoms with Crippen molar-refractivity contribution in [3.8, 4) is 11.1 Å². The van der Waals surface area contributed by atoms with E-state index < -0.39 is 0 Å². The zero-order valence-corrected chi connectivity index (χ0v) is 24.7. The summed E-state index contributed by atoms with van der Waals surface area (Å²) in [5, 5.41) is 12.9. The van der Waals surface area contributed by atoms with Gasteiger partial charge in [0.2, 0.25) is 0 Å². The first-order valence-electron chi connectivity index (χ1n) is 15.5. The molecule has 0 spiro atoms. The third kappa shape index (κ3) is 4.09. The number of anilines is 3. The highest BCUT2D eigenvalue weighted by Gasteiger charge is 2.19. The van der Waals surface area contributed by atoms with Crippen molar-refractivity contribution in [2.45, 2.75) is 0 Å². The van der Waals surface area contributed by atoms with Crippen LogP contribution < -0.4 is 4.90 Å². The Morgan fingerprint density at radius 1 is 0.244 bits per heavy atom. The molecule has 0 unspecified atom stereocenters. The molecule has 210 valence electrons. The number of para-hydroxylation sites is 2. The quantitative estimate of drug-likeness (QED) is 0.190. The standard InChI is InChI=1S/C44H29N/c1-4-14-30(15-5-1)31-24-26-40-41(28-31)37-27-25-34(45(32-16-6-2-7-17-32)33-18-8-3-9-19-33)29-42(37)44-39-23-13-11-21-36(39)35-20-10-12-22-38(35)43(40)44/h1-29H. The molecule has 45 heavy (non-hydrogen) atoms. The molecule has 1 heteroatoms. The topological polar surface area (TPSA) is 3.24 Å². The smallest absolute Gasteiger partial charge is 0.0468 e. The minimum absolute atomic E-state index is 1.13. The molecule has 0 aromatic heterocycles. The summed E-state index contributed by atoms with van der Waals surface area (Å²) < 4.78 is 0. The van der Waals surface area contributed by atoms with E-state index in [2.05, 4.69) is 181 Å². The van der Waals surface area contributed by atoms with Crippen molar-refractivity contribution in [3.05, 3.63) is 176 Å². The summed E-state index contributed by atoms with van der Waals surface area (Å²) in [6, 6.07) is 63.9. The Labute approximate surface area is 262 Å². The summed E-state index contributed by atoms with van der Waals surface area (Å²) in [4.78, 5) is 2.36. The van der Waals surface area contributed by atoms with Crippen molar-refractivity contribution < 1.29 is 0 Å². The minimum Gasteiger partial charge on any atom is -0.310 e. The second-order valence-electron chi connectivity index (χ2n) is 11.7. The molecule has 0 saturated carbocycles. The summed E-state index contributed by atoms with van der Waals surface area (Å²) in [5.41, 5.74) is 5.86. The second-order valence-corrected chi connectivity index (χ2v) is 11.7. The molecule has 0 saturated heterocycles. The summed E-state index contributed by atoms with van der Waals surface area (Å²) in [5.74, 6) is 0. The zero-order chi connectivity index (χ0) is 29.7. The lowest BCUT2D eigenvalue weighted by Gasteiger charge is -2.26. The van der Waals surface area contributed by atoms with Crippen LogP contribution in [0, 0.1) is 0 Å². The van der Waals surface area contributed by atoms with E-state index in [0.29, 0.717) is 0 Å². The van der Waals surface area contributed by atoms with Gasteiger partial charge in [-0.25, -0.2) is 0 Å². The van der Waals surface area contributed by atoms with Crippen molar-refractivity contribution in [1.29, 1.82) is 0 Å². The van der Waals surface area contributed by atoms with E-state index >= 15 is 0 Å². The van der Waals surface area contributed by atoms with Gasteiger partial charge in [-0.15, -0.1) is 0 Å². The number of hydrogen-bond donors (Lipinski definition) is 0. The van der Waals surface area contributed by atoms with Crippen molar-refractivity contribution in [3.63, 3.8) is 0 Å². The average Bonchev–Trinajstić information content (AvgIpc) is 3.12. The van der Waals surface area contributed by atoms with Gasteiger partial charge >= 0.3 is 0 Å². The van der Waals surface area contributed by atoms with Crippen LogP contribution >= 0.6 is 0 Å². The Hall–Kier alpha value is -5.92. The Balaban J connectivity index is 1.46. The third-order valence-corrected chi connectivity index (χ3v) is 9.18. The molecule has 0 bridgehead atoms. The Bertz CT molecular complexity index is 2480. The molecular weight excluding hydrogens is 542 g/mol. The fourth-order valence-corrected chi connectivity index (χ4v) is 7.21. The van der Waals surface area contributed by atoms with Crippen LogP contribution in [0.15, 0.2) is 176 Å². The first-order chi connectivity index (χ1) is 22.3. The molecule has 9 aromatic rings. The van der Waals surface area contributed by atoms with Crippen LogP contribution in [0.5, 0.6) is 0 Å². The Kier molecular flexibility index (Phi) is 5.89. The van der Waals surface area contributed by atoms with Gasteiger partial charge in [0.15, 0.2) is 0 Å². The van der Waals surface area contributed by atoms with E-state index in [1.54, 1.807) is 0 Å². The van der Waals surface area contributed by atoms with E-state index in [1.165, 1.54) is 65.0 Å². The van der Waals surface area contributed by atoms with Crippen LogP contribution in [0.3, 0.4) is 0 Å². The molecule has 0 heterocycles. The fourth-order valence-electron chi connectivity index (χ4n) is 7.21.